The summed E-state index contributed by atoms with van der Waals surface area (Å²) in [5.74, 6) is -2.62. The second kappa shape index (κ2) is 11.3. The maximum atomic E-state index is 13.6. The fourth-order valence-corrected chi connectivity index (χ4v) is 4.66. The van der Waals surface area contributed by atoms with Crippen molar-refractivity contribution in [1.82, 2.24) is 9.88 Å². The van der Waals surface area contributed by atoms with Gasteiger partial charge in [0, 0.05) is 23.3 Å². The van der Waals surface area contributed by atoms with Gasteiger partial charge in [-0.3, -0.25) is 9.59 Å². The van der Waals surface area contributed by atoms with Crippen LogP contribution in [0.2, 0.25) is 0 Å². The molecule has 2 N–H and O–H groups in total. The molecule has 1 heterocycles. The van der Waals surface area contributed by atoms with Crippen molar-refractivity contribution in [2.45, 2.75) is 65.5 Å². The van der Waals surface area contributed by atoms with E-state index in [-0.39, 0.29) is 31.7 Å². The molecule has 10 heteroatoms. The summed E-state index contributed by atoms with van der Waals surface area (Å²) in [6.07, 6.45) is -0.0680. The zero-order valence-corrected chi connectivity index (χ0v) is 22.4. The molecule has 192 valence electrons. The van der Waals surface area contributed by atoms with Gasteiger partial charge in [-0.05, 0) is 61.0 Å². The highest BCUT2D eigenvalue weighted by Gasteiger charge is 2.32. The molecule has 1 aromatic carbocycles. The van der Waals surface area contributed by atoms with Gasteiger partial charge in [0.2, 0.25) is 0 Å². The summed E-state index contributed by atoms with van der Waals surface area (Å²) >= 11 is 3.45. The first-order valence-electron chi connectivity index (χ1n) is 11.1. The van der Waals surface area contributed by atoms with Gasteiger partial charge in [0.05, 0.1) is 28.7 Å². The molecule has 8 nitrogen and oxygen atoms in total. The maximum Gasteiger partial charge on any atom is 0.338 e. The van der Waals surface area contributed by atoms with E-state index < -0.39 is 34.7 Å². The highest BCUT2D eigenvalue weighted by molar-refractivity contribution is 9.10. The third-order valence-electron chi connectivity index (χ3n) is 4.77. The zero-order chi connectivity index (χ0) is 26.6. The Hall–Kier alpha value is -2.72. The molecule has 35 heavy (non-hydrogen) atoms. The van der Waals surface area contributed by atoms with Gasteiger partial charge < -0.3 is 24.5 Å². The van der Waals surface area contributed by atoms with E-state index >= 15 is 0 Å². The Kier molecular flexibility index (Phi) is 9.24. The first kappa shape index (κ1) is 28.5. The smallest absolute Gasteiger partial charge is 0.338 e. The topological polar surface area (TPSA) is 107 Å². The van der Waals surface area contributed by atoms with Crippen molar-refractivity contribution in [3.8, 4) is 5.69 Å². The Balaban J connectivity index is 2.21. The van der Waals surface area contributed by atoms with Gasteiger partial charge in [0.1, 0.15) is 18.0 Å². The number of halogens is 2. The molecular formula is C25H32BrFN2O6. The molecule has 0 fully saturated rings. The van der Waals surface area contributed by atoms with Crippen molar-refractivity contribution in [2.24, 2.45) is 0 Å². The number of ether oxygens (including phenoxy) is 2. The molecule has 0 aliphatic carbocycles. The fraction of sp³-hybridized carbons (Fsp3) is 0.480. The van der Waals surface area contributed by atoms with Gasteiger partial charge in [-0.15, -0.1) is 0 Å². The Labute approximate surface area is 212 Å². The first-order valence-corrected chi connectivity index (χ1v) is 11.9. The number of carboxylic acids is 1. The number of hydrogen-bond acceptors (Lipinski definition) is 6. The average Bonchev–Trinajstić information content (AvgIpc) is 2.99. The van der Waals surface area contributed by atoms with Crippen molar-refractivity contribution in [3.05, 3.63) is 51.5 Å². The quantitative estimate of drug-likeness (QED) is 0.431. The van der Waals surface area contributed by atoms with Crippen molar-refractivity contribution >= 4 is 33.8 Å². The van der Waals surface area contributed by atoms with Crippen LogP contribution in [0.1, 0.15) is 69.7 Å². The average molecular weight is 555 g/mol. The molecule has 0 bridgehead atoms. The monoisotopic (exact) mass is 554 g/mol. The Morgan fingerprint density at radius 3 is 2.17 bits per heavy atom. The third kappa shape index (κ3) is 7.90. The number of carbonyl (C=O) groups excluding carboxylic acids is 2. The molecule has 2 rings (SSSR count). The first-order chi connectivity index (χ1) is 16.1. The molecule has 1 aromatic heterocycles. The Morgan fingerprint density at radius 1 is 1.06 bits per heavy atom. The van der Waals surface area contributed by atoms with Crippen LogP contribution in [0.5, 0.6) is 0 Å². The molecule has 0 atom stereocenters. The van der Waals surface area contributed by atoms with Crippen LogP contribution in [0.25, 0.3) is 5.69 Å². The van der Waals surface area contributed by atoms with E-state index in [4.69, 9.17) is 9.47 Å². The number of carboxylic acid groups (broad SMARTS) is 1. The maximum absolute atomic E-state index is 13.6. The summed E-state index contributed by atoms with van der Waals surface area (Å²) in [5, 5.41) is 12.8. The van der Waals surface area contributed by atoms with Crippen LogP contribution in [0.15, 0.2) is 28.7 Å². The summed E-state index contributed by atoms with van der Waals surface area (Å²) in [6.45, 7) is 10.8. The van der Waals surface area contributed by atoms with Gasteiger partial charge >= 0.3 is 17.9 Å². The normalized spacial score (nSPS) is 11.9. The predicted octanol–water partition coefficient (Wildman–Crippen LogP) is 4.74. The summed E-state index contributed by atoms with van der Waals surface area (Å²) in [5.41, 5.74) is 0.632. The van der Waals surface area contributed by atoms with E-state index in [0.29, 0.717) is 21.5 Å². The minimum atomic E-state index is -1.14. The second-order valence-corrected chi connectivity index (χ2v) is 10.8. The number of aromatic carboxylic acids is 1. The van der Waals surface area contributed by atoms with Crippen LogP contribution >= 0.6 is 15.9 Å². The van der Waals surface area contributed by atoms with Gasteiger partial charge in [0.25, 0.3) is 0 Å². The lowest BCUT2D eigenvalue weighted by molar-refractivity contribution is -0.157. The van der Waals surface area contributed by atoms with Gasteiger partial charge in [-0.25, -0.2) is 9.18 Å². The minimum absolute atomic E-state index is 0.0227. The predicted molar refractivity (Wildman–Crippen MR) is 132 cm³/mol. The summed E-state index contributed by atoms with van der Waals surface area (Å²) in [6, 6.07) is 5.73. The number of hydrogen-bond donors (Lipinski definition) is 2. The van der Waals surface area contributed by atoms with Crippen LogP contribution in [0.4, 0.5) is 4.39 Å². The summed E-state index contributed by atoms with van der Waals surface area (Å²) in [7, 11) is 0. The molecule has 0 saturated carbocycles. The zero-order valence-electron chi connectivity index (χ0n) is 20.8. The van der Waals surface area contributed by atoms with E-state index in [1.54, 1.807) is 37.5 Å². The number of esters is 2. The van der Waals surface area contributed by atoms with Crippen molar-refractivity contribution in [1.29, 1.82) is 0 Å². The molecule has 2 aromatic rings. The molecule has 0 amide bonds. The van der Waals surface area contributed by atoms with Crippen molar-refractivity contribution < 1.29 is 33.4 Å². The highest BCUT2D eigenvalue weighted by Crippen LogP contribution is 2.39. The van der Waals surface area contributed by atoms with Gasteiger partial charge in [-0.1, -0.05) is 20.8 Å². The number of nitrogens with zero attached hydrogens (tertiary/aromatic N) is 1. The van der Waals surface area contributed by atoms with Crippen LogP contribution < -0.4 is 5.32 Å². The lowest BCUT2D eigenvalue weighted by Crippen LogP contribution is -2.28. The van der Waals surface area contributed by atoms with E-state index in [1.807, 2.05) is 20.8 Å². The lowest BCUT2D eigenvalue weighted by atomic mass is 9.91. The molecule has 0 aliphatic heterocycles. The van der Waals surface area contributed by atoms with E-state index in [9.17, 15) is 23.9 Å². The fourth-order valence-electron chi connectivity index (χ4n) is 3.49. The number of carbonyl (C=O) groups is 3. The van der Waals surface area contributed by atoms with Crippen LogP contribution in [-0.4, -0.2) is 46.3 Å². The molecular weight excluding hydrogens is 523 g/mol. The SMILES string of the molecule is CC(C)(C)OC(=O)CCOC(=O)CNCc1c(C(=O)O)c(Br)c(C(C)(C)C)n1-c1ccc(F)cc1. The molecule has 0 aliphatic rings. The summed E-state index contributed by atoms with van der Waals surface area (Å²) < 4.78 is 26.0. The Bertz CT molecular complexity index is 1080. The van der Waals surface area contributed by atoms with Crippen molar-refractivity contribution in [3.63, 3.8) is 0 Å². The highest BCUT2D eigenvalue weighted by atomic mass is 79.9. The van der Waals surface area contributed by atoms with Crippen molar-refractivity contribution in [2.75, 3.05) is 13.2 Å². The van der Waals surface area contributed by atoms with E-state index in [0.717, 1.165) is 0 Å². The standard InChI is InChI=1S/C25H32BrFN2O6/c1-24(2,3)22-21(26)20(23(32)33)17(29(22)16-9-7-15(27)8-10-16)13-28-14-19(31)34-12-11-18(30)35-25(4,5)6/h7-10,28H,11-14H2,1-6H3,(H,32,33). The second-order valence-electron chi connectivity index (χ2n) is 10.0. The van der Waals surface area contributed by atoms with Crippen LogP contribution in [0.3, 0.4) is 0 Å². The molecule has 0 radical (unpaired) electrons. The molecule has 0 spiro atoms. The molecule has 0 saturated heterocycles. The largest absolute Gasteiger partial charge is 0.478 e. The third-order valence-corrected chi connectivity index (χ3v) is 5.54. The van der Waals surface area contributed by atoms with Crippen LogP contribution in [-0.2, 0) is 31.0 Å². The van der Waals surface area contributed by atoms with Crippen LogP contribution in [0, 0.1) is 5.82 Å². The van der Waals surface area contributed by atoms with Gasteiger partial charge in [-0.2, -0.15) is 0 Å². The van der Waals surface area contributed by atoms with Gasteiger partial charge in [0.15, 0.2) is 0 Å². The lowest BCUT2D eigenvalue weighted by Gasteiger charge is -2.24. The number of benzene rings is 1. The number of nitrogens with one attached hydrogen (secondary N) is 1. The number of rotatable bonds is 9. The number of aromatic nitrogens is 1. The summed E-state index contributed by atoms with van der Waals surface area (Å²) in [4.78, 5) is 36.0. The molecule has 0 unspecified atom stereocenters. The Morgan fingerprint density at radius 2 is 1.66 bits per heavy atom. The van der Waals surface area contributed by atoms with E-state index in [1.165, 1.54) is 12.1 Å². The minimum Gasteiger partial charge on any atom is -0.478 e. The van der Waals surface area contributed by atoms with E-state index in [2.05, 4.69) is 21.2 Å².